The fourth-order valence-electron chi connectivity index (χ4n) is 1.76. The molecule has 0 aliphatic carbocycles. The summed E-state index contributed by atoms with van der Waals surface area (Å²) >= 11 is 6.10. The van der Waals surface area contributed by atoms with Gasteiger partial charge in [-0.05, 0) is 30.0 Å². The molecule has 0 spiro atoms. The third-order valence-electron chi connectivity index (χ3n) is 2.73. The quantitative estimate of drug-likeness (QED) is 0.880. The van der Waals surface area contributed by atoms with Gasteiger partial charge in [-0.25, -0.2) is 0 Å². The van der Waals surface area contributed by atoms with Crippen molar-refractivity contribution in [3.63, 3.8) is 0 Å². The first-order valence-corrected chi connectivity index (χ1v) is 5.95. The molecule has 1 aromatic rings. The van der Waals surface area contributed by atoms with Crippen molar-refractivity contribution < 1.29 is 14.6 Å². The van der Waals surface area contributed by atoms with Gasteiger partial charge in [0.25, 0.3) is 0 Å². The maximum Gasteiger partial charge on any atom is 0.306 e. The van der Waals surface area contributed by atoms with E-state index in [-0.39, 0.29) is 0 Å². The molecule has 0 radical (unpaired) electrons. The highest BCUT2D eigenvalue weighted by Gasteiger charge is 2.14. The van der Waals surface area contributed by atoms with Gasteiger partial charge in [0.1, 0.15) is 5.75 Å². The monoisotopic (exact) mass is 256 g/mol. The van der Waals surface area contributed by atoms with Crippen LogP contribution >= 0.6 is 11.6 Å². The standard InChI is InChI=1S/C13H17ClO3/c1-4-10-6-9(5-8(2)13(15)16)7-11(14)12(10)17-3/h6-8H,4-5H2,1-3H3,(H,15,16). The maximum atomic E-state index is 10.8. The predicted octanol–water partition coefficient (Wildman–Crippen LogP) is 3.17. The molecular weight excluding hydrogens is 240 g/mol. The zero-order valence-corrected chi connectivity index (χ0v) is 11.0. The van der Waals surface area contributed by atoms with Crippen molar-refractivity contribution >= 4 is 17.6 Å². The fraction of sp³-hybridized carbons (Fsp3) is 0.462. The van der Waals surface area contributed by atoms with Crippen LogP contribution in [-0.4, -0.2) is 18.2 Å². The number of carboxylic acids is 1. The van der Waals surface area contributed by atoms with Gasteiger partial charge in [0.05, 0.1) is 18.1 Å². The Morgan fingerprint density at radius 3 is 2.65 bits per heavy atom. The Kier molecular flexibility index (Phi) is 4.82. The van der Waals surface area contributed by atoms with E-state index in [2.05, 4.69) is 0 Å². The number of carbonyl (C=O) groups is 1. The molecule has 0 heterocycles. The van der Waals surface area contributed by atoms with E-state index in [1.807, 2.05) is 13.0 Å². The average molecular weight is 257 g/mol. The van der Waals surface area contributed by atoms with E-state index in [1.54, 1.807) is 20.1 Å². The molecule has 1 atom stereocenters. The molecule has 4 heteroatoms. The Balaban J connectivity index is 3.03. The SMILES string of the molecule is CCc1cc(CC(C)C(=O)O)cc(Cl)c1OC. The Hall–Kier alpha value is -1.22. The summed E-state index contributed by atoms with van der Waals surface area (Å²) in [4.78, 5) is 10.8. The van der Waals surface area contributed by atoms with Gasteiger partial charge in [-0.1, -0.05) is 31.5 Å². The lowest BCUT2D eigenvalue weighted by Crippen LogP contribution is -2.12. The Bertz CT molecular complexity index is 415. The summed E-state index contributed by atoms with van der Waals surface area (Å²) in [6.07, 6.45) is 1.28. The van der Waals surface area contributed by atoms with Crippen molar-refractivity contribution in [2.75, 3.05) is 7.11 Å². The summed E-state index contributed by atoms with van der Waals surface area (Å²) in [7, 11) is 1.58. The van der Waals surface area contributed by atoms with E-state index in [0.29, 0.717) is 17.2 Å². The molecule has 0 bridgehead atoms. The fourth-order valence-corrected chi connectivity index (χ4v) is 2.10. The highest BCUT2D eigenvalue weighted by Crippen LogP contribution is 2.31. The summed E-state index contributed by atoms with van der Waals surface area (Å²) in [5, 5.41) is 9.42. The van der Waals surface area contributed by atoms with Crippen LogP contribution in [0.1, 0.15) is 25.0 Å². The van der Waals surface area contributed by atoms with Crippen molar-refractivity contribution in [3.05, 3.63) is 28.3 Å². The second-order valence-electron chi connectivity index (χ2n) is 4.07. The number of carboxylic acid groups (broad SMARTS) is 1. The van der Waals surface area contributed by atoms with Gasteiger partial charge in [-0.3, -0.25) is 4.79 Å². The molecule has 0 saturated heterocycles. The van der Waals surface area contributed by atoms with Gasteiger partial charge in [0.15, 0.2) is 0 Å². The van der Waals surface area contributed by atoms with Crippen molar-refractivity contribution in [2.45, 2.75) is 26.7 Å². The molecule has 1 unspecified atom stereocenters. The predicted molar refractivity (Wildman–Crippen MR) is 67.9 cm³/mol. The molecule has 1 aromatic carbocycles. The number of hydrogen-bond donors (Lipinski definition) is 1. The molecule has 0 aromatic heterocycles. The smallest absolute Gasteiger partial charge is 0.306 e. The summed E-state index contributed by atoms with van der Waals surface area (Å²) in [5.74, 6) is -0.528. The first-order chi connectivity index (χ1) is 7.99. The van der Waals surface area contributed by atoms with E-state index < -0.39 is 11.9 Å². The number of methoxy groups -OCH3 is 1. The van der Waals surface area contributed by atoms with Crippen LogP contribution in [0.4, 0.5) is 0 Å². The summed E-state index contributed by atoms with van der Waals surface area (Å²) in [6.45, 7) is 3.70. The minimum Gasteiger partial charge on any atom is -0.495 e. The Labute approximate surface area is 106 Å². The first-order valence-electron chi connectivity index (χ1n) is 5.57. The number of halogens is 1. The lowest BCUT2D eigenvalue weighted by atomic mass is 9.98. The summed E-state index contributed by atoms with van der Waals surface area (Å²) in [6, 6.07) is 3.74. The minimum absolute atomic E-state index is 0.413. The largest absolute Gasteiger partial charge is 0.495 e. The molecule has 0 amide bonds. The van der Waals surface area contributed by atoms with E-state index in [1.165, 1.54) is 0 Å². The van der Waals surface area contributed by atoms with Crippen molar-refractivity contribution in [2.24, 2.45) is 5.92 Å². The van der Waals surface area contributed by atoms with Crippen LogP contribution in [0, 0.1) is 5.92 Å². The van der Waals surface area contributed by atoms with Crippen LogP contribution in [0.5, 0.6) is 5.75 Å². The van der Waals surface area contributed by atoms with E-state index in [9.17, 15) is 4.79 Å². The van der Waals surface area contributed by atoms with E-state index in [4.69, 9.17) is 21.4 Å². The molecule has 17 heavy (non-hydrogen) atoms. The Morgan fingerprint density at radius 1 is 1.53 bits per heavy atom. The third-order valence-corrected chi connectivity index (χ3v) is 3.01. The van der Waals surface area contributed by atoms with Crippen molar-refractivity contribution in [3.8, 4) is 5.75 Å². The number of benzene rings is 1. The van der Waals surface area contributed by atoms with Gasteiger partial charge in [0.2, 0.25) is 0 Å². The average Bonchev–Trinajstić information content (AvgIpc) is 2.27. The minimum atomic E-state index is -0.796. The van der Waals surface area contributed by atoms with Crippen LogP contribution in [0.15, 0.2) is 12.1 Å². The molecule has 3 nitrogen and oxygen atoms in total. The zero-order valence-electron chi connectivity index (χ0n) is 10.3. The molecule has 0 aliphatic heterocycles. The first kappa shape index (κ1) is 13.8. The molecule has 0 saturated carbocycles. The Morgan fingerprint density at radius 2 is 2.18 bits per heavy atom. The highest BCUT2D eigenvalue weighted by atomic mass is 35.5. The van der Waals surface area contributed by atoms with Crippen LogP contribution < -0.4 is 4.74 Å². The van der Waals surface area contributed by atoms with Crippen LogP contribution in [-0.2, 0) is 17.6 Å². The van der Waals surface area contributed by atoms with Gasteiger partial charge in [-0.2, -0.15) is 0 Å². The molecule has 1 N–H and O–H groups in total. The third kappa shape index (κ3) is 3.37. The van der Waals surface area contributed by atoms with Gasteiger partial charge in [-0.15, -0.1) is 0 Å². The van der Waals surface area contributed by atoms with Crippen LogP contribution in [0.3, 0.4) is 0 Å². The lowest BCUT2D eigenvalue weighted by Gasteiger charge is -2.13. The van der Waals surface area contributed by atoms with Gasteiger partial charge in [0, 0.05) is 0 Å². The number of ether oxygens (including phenoxy) is 1. The molecule has 1 rings (SSSR count). The van der Waals surface area contributed by atoms with E-state index in [0.717, 1.165) is 17.5 Å². The maximum absolute atomic E-state index is 10.8. The van der Waals surface area contributed by atoms with Gasteiger partial charge >= 0.3 is 5.97 Å². The van der Waals surface area contributed by atoms with Crippen molar-refractivity contribution in [1.29, 1.82) is 0 Å². The zero-order chi connectivity index (χ0) is 13.0. The topological polar surface area (TPSA) is 46.5 Å². The number of aliphatic carboxylic acids is 1. The molecular formula is C13H17ClO3. The van der Waals surface area contributed by atoms with Crippen LogP contribution in [0.25, 0.3) is 0 Å². The second-order valence-corrected chi connectivity index (χ2v) is 4.47. The number of hydrogen-bond acceptors (Lipinski definition) is 2. The molecule has 0 fully saturated rings. The van der Waals surface area contributed by atoms with Crippen molar-refractivity contribution in [1.82, 2.24) is 0 Å². The molecule has 94 valence electrons. The normalized spacial score (nSPS) is 12.2. The number of aryl methyl sites for hydroxylation is 1. The second kappa shape index (κ2) is 5.92. The highest BCUT2D eigenvalue weighted by molar-refractivity contribution is 6.32. The van der Waals surface area contributed by atoms with Gasteiger partial charge < -0.3 is 9.84 Å². The van der Waals surface area contributed by atoms with E-state index >= 15 is 0 Å². The summed E-state index contributed by atoms with van der Waals surface area (Å²) < 4.78 is 5.23. The summed E-state index contributed by atoms with van der Waals surface area (Å²) in [5.41, 5.74) is 1.94. The number of rotatable bonds is 5. The lowest BCUT2D eigenvalue weighted by molar-refractivity contribution is -0.141. The van der Waals surface area contributed by atoms with Crippen LogP contribution in [0.2, 0.25) is 5.02 Å². The molecule has 0 aliphatic rings.